The predicted molar refractivity (Wildman–Crippen MR) is 109 cm³/mol. The molecular weight excluding hydrogens is 382 g/mol. The first-order valence-corrected chi connectivity index (χ1v) is 10.6. The monoisotopic (exact) mass is 403 g/mol. The average Bonchev–Trinajstić information content (AvgIpc) is 3.00. The summed E-state index contributed by atoms with van der Waals surface area (Å²) < 4.78 is 32.1. The lowest BCUT2D eigenvalue weighted by Gasteiger charge is -2.20. The number of benzene rings is 2. The molecule has 6 nitrogen and oxygen atoms in total. The second kappa shape index (κ2) is 7.38. The smallest absolute Gasteiger partial charge is 0.243 e. The topological polar surface area (TPSA) is 79.4 Å². The number of likely N-dealkylation sites (N-methyl/N-ethyl adjacent to an activating group) is 1. The fourth-order valence-corrected chi connectivity index (χ4v) is 5.32. The van der Waals surface area contributed by atoms with Crippen LogP contribution in [0.25, 0.3) is 10.1 Å². The summed E-state index contributed by atoms with van der Waals surface area (Å²) in [7, 11) is -2.35. The highest BCUT2D eigenvalue weighted by Crippen LogP contribution is 2.25. The van der Waals surface area contributed by atoms with Gasteiger partial charge in [-0.1, -0.05) is 17.7 Å². The molecule has 2 aromatic carbocycles. The van der Waals surface area contributed by atoms with Crippen molar-refractivity contribution < 1.29 is 13.2 Å². The van der Waals surface area contributed by atoms with Crippen LogP contribution in [0.5, 0.6) is 0 Å². The number of carbonyl (C=O) groups is 1. The van der Waals surface area contributed by atoms with Crippen molar-refractivity contribution in [2.75, 3.05) is 18.9 Å². The van der Waals surface area contributed by atoms with E-state index in [-0.39, 0.29) is 11.4 Å². The number of anilines is 1. The van der Waals surface area contributed by atoms with Gasteiger partial charge in [-0.3, -0.25) is 4.79 Å². The standard InChI is InChI=1S/C19H21N3O3S2/c1-12-7-13(2)19(14(3)8-12)27(24,25)22(4)11-18(23)21-16-5-6-17-15(9-16)10-20-26-17/h5-10H,11H2,1-4H3,(H,21,23). The van der Waals surface area contributed by atoms with Crippen molar-refractivity contribution in [1.82, 2.24) is 8.68 Å². The van der Waals surface area contributed by atoms with E-state index >= 15 is 0 Å². The molecular formula is C19H21N3O3S2. The molecule has 0 spiro atoms. The SMILES string of the molecule is Cc1cc(C)c(S(=O)(=O)N(C)CC(=O)Nc2ccc3sncc3c2)c(C)c1. The molecule has 3 rings (SSSR count). The van der Waals surface area contributed by atoms with Crippen LogP contribution >= 0.6 is 11.5 Å². The van der Waals surface area contributed by atoms with Crippen LogP contribution in [0.2, 0.25) is 0 Å². The van der Waals surface area contributed by atoms with Gasteiger partial charge in [0.25, 0.3) is 0 Å². The van der Waals surface area contributed by atoms with E-state index < -0.39 is 15.9 Å². The lowest BCUT2D eigenvalue weighted by atomic mass is 10.1. The maximum absolute atomic E-state index is 13.0. The minimum atomic E-state index is -3.77. The Balaban J connectivity index is 1.77. The Morgan fingerprint density at radius 2 is 1.81 bits per heavy atom. The largest absolute Gasteiger partial charge is 0.325 e. The van der Waals surface area contributed by atoms with Crippen LogP contribution in [0.3, 0.4) is 0 Å². The van der Waals surface area contributed by atoms with Gasteiger partial charge in [-0.25, -0.2) is 8.42 Å². The van der Waals surface area contributed by atoms with Crippen LogP contribution in [0.1, 0.15) is 16.7 Å². The van der Waals surface area contributed by atoms with Gasteiger partial charge in [0.2, 0.25) is 15.9 Å². The molecule has 0 saturated carbocycles. The molecule has 1 aromatic heterocycles. The Labute approximate surface area is 163 Å². The van der Waals surface area contributed by atoms with Crippen molar-refractivity contribution in [3.63, 3.8) is 0 Å². The molecule has 3 aromatic rings. The molecule has 0 unspecified atom stereocenters. The molecule has 27 heavy (non-hydrogen) atoms. The molecule has 1 amide bonds. The third-order valence-electron chi connectivity index (χ3n) is 4.28. The predicted octanol–water partition coefficient (Wildman–Crippen LogP) is 3.48. The third-order valence-corrected chi connectivity index (χ3v) is 7.16. The van der Waals surface area contributed by atoms with E-state index in [4.69, 9.17) is 0 Å². The summed E-state index contributed by atoms with van der Waals surface area (Å²) in [5.74, 6) is -0.397. The number of nitrogens with zero attached hydrogens (tertiary/aromatic N) is 2. The van der Waals surface area contributed by atoms with E-state index in [9.17, 15) is 13.2 Å². The Morgan fingerprint density at radius 1 is 1.15 bits per heavy atom. The normalized spacial score (nSPS) is 11.9. The zero-order valence-electron chi connectivity index (χ0n) is 15.6. The van der Waals surface area contributed by atoms with Crippen LogP contribution in [0, 0.1) is 20.8 Å². The first-order chi connectivity index (χ1) is 12.7. The lowest BCUT2D eigenvalue weighted by Crippen LogP contribution is -2.35. The van der Waals surface area contributed by atoms with Crippen LogP contribution in [-0.2, 0) is 14.8 Å². The zero-order valence-corrected chi connectivity index (χ0v) is 17.2. The number of aromatic nitrogens is 1. The molecule has 0 aliphatic heterocycles. The zero-order chi connectivity index (χ0) is 19.8. The molecule has 0 radical (unpaired) electrons. The van der Waals surface area contributed by atoms with Gasteiger partial charge in [0.15, 0.2) is 0 Å². The van der Waals surface area contributed by atoms with Gasteiger partial charge >= 0.3 is 0 Å². The van der Waals surface area contributed by atoms with E-state index in [1.54, 1.807) is 26.1 Å². The molecule has 0 aliphatic carbocycles. The Hall–Kier alpha value is -2.29. The van der Waals surface area contributed by atoms with E-state index in [1.165, 1.54) is 18.6 Å². The van der Waals surface area contributed by atoms with Gasteiger partial charge in [0.1, 0.15) is 0 Å². The Morgan fingerprint density at radius 3 is 2.48 bits per heavy atom. The second-order valence-electron chi connectivity index (χ2n) is 6.62. The van der Waals surface area contributed by atoms with Crippen molar-refractivity contribution in [3.8, 4) is 0 Å². The minimum Gasteiger partial charge on any atom is -0.325 e. The van der Waals surface area contributed by atoms with E-state index in [0.717, 1.165) is 20.0 Å². The number of aryl methyl sites for hydroxylation is 3. The average molecular weight is 404 g/mol. The number of sulfonamides is 1. The van der Waals surface area contributed by atoms with Crippen molar-refractivity contribution in [2.24, 2.45) is 0 Å². The molecule has 0 fully saturated rings. The number of carbonyl (C=O) groups excluding carboxylic acids is 1. The van der Waals surface area contributed by atoms with E-state index in [2.05, 4.69) is 9.69 Å². The Kier molecular flexibility index (Phi) is 5.32. The van der Waals surface area contributed by atoms with Gasteiger partial charge < -0.3 is 5.32 Å². The van der Waals surface area contributed by atoms with Crippen LogP contribution < -0.4 is 5.32 Å². The summed E-state index contributed by atoms with van der Waals surface area (Å²) in [4.78, 5) is 12.6. The lowest BCUT2D eigenvalue weighted by molar-refractivity contribution is -0.116. The highest BCUT2D eigenvalue weighted by Gasteiger charge is 2.26. The molecule has 1 N–H and O–H groups in total. The quantitative estimate of drug-likeness (QED) is 0.707. The van der Waals surface area contributed by atoms with Crippen molar-refractivity contribution in [2.45, 2.75) is 25.7 Å². The summed E-state index contributed by atoms with van der Waals surface area (Å²) in [5.41, 5.74) is 2.97. The number of hydrogen-bond acceptors (Lipinski definition) is 5. The summed E-state index contributed by atoms with van der Waals surface area (Å²) in [6, 6.07) is 9.14. The fraction of sp³-hybridized carbons (Fsp3) is 0.263. The molecule has 0 aliphatic rings. The van der Waals surface area contributed by atoms with Crippen LogP contribution in [-0.4, -0.2) is 36.6 Å². The van der Waals surface area contributed by atoms with E-state index in [1.807, 2.05) is 31.2 Å². The first-order valence-electron chi connectivity index (χ1n) is 8.37. The number of fused-ring (bicyclic) bond motifs is 1. The van der Waals surface area contributed by atoms with E-state index in [0.29, 0.717) is 16.8 Å². The maximum atomic E-state index is 13.0. The number of nitrogens with one attached hydrogen (secondary N) is 1. The van der Waals surface area contributed by atoms with Gasteiger partial charge in [0.05, 0.1) is 16.1 Å². The molecule has 8 heteroatoms. The van der Waals surface area contributed by atoms with Crippen molar-refractivity contribution in [1.29, 1.82) is 0 Å². The second-order valence-corrected chi connectivity index (χ2v) is 9.43. The Bertz CT molecular complexity index is 1100. The fourth-order valence-electron chi connectivity index (χ4n) is 3.17. The number of amides is 1. The van der Waals surface area contributed by atoms with Crippen molar-refractivity contribution in [3.05, 3.63) is 53.2 Å². The van der Waals surface area contributed by atoms with Gasteiger partial charge in [-0.15, -0.1) is 0 Å². The molecule has 0 bridgehead atoms. The minimum absolute atomic E-state index is 0.258. The maximum Gasteiger partial charge on any atom is 0.243 e. The molecule has 142 valence electrons. The molecule has 0 atom stereocenters. The summed E-state index contributed by atoms with van der Waals surface area (Å²) in [5, 5.41) is 3.68. The van der Waals surface area contributed by atoms with Crippen LogP contribution in [0.15, 0.2) is 41.4 Å². The highest BCUT2D eigenvalue weighted by molar-refractivity contribution is 7.89. The van der Waals surface area contributed by atoms with Gasteiger partial charge in [-0.2, -0.15) is 8.68 Å². The van der Waals surface area contributed by atoms with Gasteiger partial charge in [-0.05, 0) is 61.6 Å². The number of rotatable bonds is 5. The molecule has 0 saturated heterocycles. The number of hydrogen-bond donors (Lipinski definition) is 1. The first kappa shape index (κ1) is 19.5. The summed E-state index contributed by atoms with van der Waals surface area (Å²) in [6.07, 6.45) is 1.73. The summed E-state index contributed by atoms with van der Waals surface area (Å²) in [6.45, 7) is 5.19. The van der Waals surface area contributed by atoms with Crippen molar-refractivity contribution >= 4 is 43.2 Å². The van der Waals surface area contributed by atoms with Crippen LogP contribution in [0.4, 0.5) is 5.69 Å². The summed E-state index contributed by atoms with van der Waals surface area (Å²) >= 11 is 1.38. The third kappa shape index (κ3) is 4.02. The van der Waals surface area contributed by atoms with Gasteiger partial charge in [0, 0.05) is 24.3 Å². The molecule has 1 heterocycles. The highest BCUT2D eigenvalue weighted by atomic mass is 32.2.